The highest BCUT2D eigenvalue weighted by Gasteiger charge is 2.50. The van der Waals surface area contributed by atoms with E-state index in [2.05, 4.69) is 11.4 Å². The number of hydrogen-bond donors (Lipinski definition) is 1. The number of urea groups is 1. The van der Waals surface area contributed by atoms with Crippen LogP contribution in [0.25, 0.3) is 10.8 Å². The topological polar surface area (TPSA) is 82.9 Å². The predicted octanol–water partition coefficient (Wildman–Crippen LogP) is 4.69. The molecule has 1 atom stereocenters. The predicted molar refractivity (Wildman–Crippen MR) is 127 cm³/mol. The molecule has 0 bridgehead atoms. The number of hydrogen-bond acceptors (Lipinski definition) is 4. The third-order valence-corrected chi connectivity index (χ3v) is 6.70. The first-order chi connectivity index (χ1) is 16.5. The normalized spacial score (nSPS) is 20.4. The number of nitrogens with one attached hydrogen (secondary N) is 1. The second kappa shape index (κ2) is 8.82. The fourth-order valence-corrected chi connectivity index (χ4v) is 4.73. The van der Waals surface area contributed by atoms with E-state index in [0.29, 0.717) is 11.3 Å². The molecule has 0 radical (unpaired) electrons. The Morgan fingerprint density at radius 3 is 2.65 bits per heavy atom. The van der Waals surface area contributed by atoms with E-state index in [1.807, 2.05) is 48.5 Å². The van der Waals surface area contributed by atoms with E-state index in [9.17, 15) is 14.4 Å². The lowest BCUT2D eigenvalue weighted by atomic mass is 9.90. The summed E-state index contributed by atoms with van der Waals surface area (Å²) >= 11 is 0. The summed E-state index contributed by atoms with van der Waals surface area (Å²) in [5, 5.41) is 4.84. The average molecular weight is 458 g/mol. The van der Waals surface area contributed by atoms with Gasteiger partial charge in [0.25, 0.3) is 5.91 Å². The molecule has 1 aliphatic heterocycles. The van der Waals surface area contributed by atoms with E-state index in [4.69, 9.17) is 4.42 Å². The Morgan fingerprint density at radius 2 is 1.91 bits per heavy atom. The maximum absolute atomic E-state index is 13.5. The van der Waals surface area contributed by atoms with Crippen LogP contribution in [0.3, 0.4) is 0 Å². The maximum Gasteiger partial charge on any atom is 0.325 e. The van der Waals surface area contributed by atoms with Crippen molar-refractivity contribution in [3.8, 4) is 0 Å². The van der Waals surface area contributed by atoms with E-state index in [0.717, 1.165) is 47.1 Å². The summed E-state index contributed by atoms with van der Waals surface area (Å²) in [6.07, 6.45) is 7.40. The van der Waals surface area contributed by atoms with Gasteiger partial charge >= 0.3 is 6.03 Å². The van der Waals surface area contributed by atoms with Gasteiger partial charge in [-0.1, -0.05) is 42.5 Å². The van der Waals surface area contributed by atoms with E-state index in [1.165, 1.54) is 0 Å². The Bertz CT molecular complexity index is 1280. The van der Waals surface area contributed by atoms with Crippen LogP contribution in [-0.4, -0.2) is 34.2 Å². The van der Waals surface area contributed by atoms with E-state index >= 15 is 0 Å². The van der Waals surface area contributed by atoms with Crippen LogP contribution in [0.15, 0.2) is 77.1 Å². The van der Waals surface area contributed by atoms with Gasteiger partial charge in [0.05, 0.1) is 12.8 Å². The molecule has 1 aliphatic carbocycles. The summed E-state index contributed by atoms with van der Waals surface area (Å²) in [5.74, 6) is -0.0921. The highest BCUT2D eigenvalue weighted by atomic mass is 16.3. The lowest BCUT2D eigenvalue weighted by Crippen LogP contribution is -2.44. The van der Waals surface area contributed by atoms with Crippen molar-refractivity contribution in [2.24, 2.45) is 0 Å². The number of benzene rings is 2. The minimum atomic E-state index is -1.24. The first kappa shape index (κ1) is 21.9. The second-order valence-electron chi connectivity index (χ2n) is 9.01. The standard InChI is InChI=1S/C27H27N3O4/c1-27(21-14-13-19-8-5-6-9-20(19)16-21)25(32)30(26(33)28-27)18-24(31)29(17-23-12-7-15-34-23)22-10-3-2-4-11-22/h5-10,12-16H,2-4,11,17-18H2,1H3,(H,28,33). The number of rotatable bonds is 6. The van der Waals surface area contributed by atoms with Crippen LogP contribution >= 0.6 is 0 Å². The van der Waals surface area contributed by atoms with Gasteiger partial charge in [-0.3, -0.25) is 14.5 Å². The SMILES string of the molecule is CC1(c2ccc3ccccc3c2)NC(=O)N(CC(=O)N(Cc2ccco2)C2=CCCCC2)C1=O. The van der Waals surface area contributed by atoms with Crippen molar-refractivity contribution in [1.82, 2.24) is 15.1 Å². The summed E-state index contributed by atoms with van der Waals surface area (Å²) < 4.78 is 5.46. The maximum atomic E-state index is 13.5. The number of carbonyl (C=O) groups excluding carboxylic acids is 3. The fourth-order valence-electron chi connectivity index (χ4n) is 4.73. The average Bonchev–Trinajstić information content (AvgIpc) is 3.45. The van der Waals surface area contributed by atoms with Gasteiger partial charge in [0.2, 0.25) is 5.91 Å². The lowest BCUT2D eigenvalue weighted by molar-refractivity contribution is -0.138. The molecule has 1 fully saturated rings. The third-order valence-electron chi connectivity index (χ3n) is 6.70. The van der Waals surface area contributed by atoms with Gasteiger partial charge in [0, 0.05) is 5.70 Å². The van der Waals surface area contributed by atoms with Crippen LogP contribution in [0, 0.1) is 0 Å². The minimum absolute atomic E-state index is 0.267. The highest BCUT2D eigenvalue weighted by Crippen LogP contribution is 2.31. The van der Waals surface area contributed by atoms with Gasteiger partial charge in [0.15, 0.2) is 0 Å². The summed E-state index contributed by atoms with van der Waals surface area (Å²) in [4.78, 5) is 42.4. The Balaban J connectivity index is 1.39. The molecule has 2 aromatic carbocycles. The van der Waals surface area contributed by atoms with Crippen LogP contribution in [0.2, 0.25) is 0 Å². The number of fused-ring (bicyclic) bond motifs is 1. The molecular formula is C27H27N3O4. The smallest absolute Gasteiger partial charge is 0.325 e. The largest absolute Gasteiger partial charge is 0.467 e. The molecule has 4 amide bonds. The lowest BCUT2D eigenvalue weighted by Gasteiger charge is -2.28. The summed E-state index contributed by atoms with van der Waals surface area (Å²) in [6.45, 7) is 1.63. The zero-order chi connectivity index (χ0) is 23.7. The summed E-state index contributed by atoms with van der Waals surface area (Å²) in [7, 11) is 0. The molecule has 0 spiro atoms. The van der Waals surface area contributed by atoms with Gasteiger partial charge in [-0.05, 0) is 67.1 Å². The number of carbonyl (C=O) groups is 3. The Kier molecular flexibility index (Phi) is 5.69. The monoisotopic (exact) mass is 457 g/mol. The molecule has 2 heterocycles. The first-order valence-corrected chi connectivity index (χ1v) is 11.6. The quantitative estimate of drug-likeness (QED) is 0.545. The van der Waals surface area contributed by atoms with Gasteiger partial charge in [-0.15, -0.1) is 0 Å². The number of allylic oxidation sites excluding steroid dienone is 2. The molecule has 7 heteroatoms. The molecular weight excluding hydrogens is 430 g/mol. The summed E-state index contributed by atoms with van der Waals surface area (Å²) in [6, 6.07) is 16.6. The van der Waals surface area contributed by atoms with Gasteiger partial charge < -0.3 is 14.6 Å². The van der Waals surface area contributed by atoms with E-state index in [-0.39, 0.29) is 19.0 Å². The Labute approximate surface area is 198 Å². The molecule has 174 valence electrons. The van der Waals surface area contributed by atoms with Gasteiger partial charge in [-0.25, -0.2) is 4.79 Å². The molecule has 3 aromatic rings. The number of imide groups is 1. The van der Waals surface area contributed by atoms with Crippen LogP contribution in [-0.2, 0) is 21.7 Å². The Morgan fingerprint density at radius 1 is 1.09 bits per heavy atom. The number of furan rings is 1. The zero-order valence-electron chi connectivity index (χ0n) is 19.1. The van der Waals surface area contributed by atoms with Crippen LogP contribution in [0.1, 0.15) is 43.9 Å². The van der Waals surface area contributed by atoms with Crippen molar-refractivity contribution in [2.45, 2.75) is 44.7 Å². The second-order valence-corrected chi connectivity index (χ2v) is 9.01. The van der Waals surface area contributed by atoms with Crippen molar-refractivity contribution in [3.63, 3.8) is 0 Å². The molecule has 1 N–H and O–H groups in total. The van der Waals surface area contributed by atoms with Crippen molar-refractivity contribution in [1.29, 1.82) is 0 Å². The van der Waals surface area contributed by atoms with Gasteiger partial charge in [0.1, 0.15) is 17.8 Å². The van der Waals surface area contributed by atoms with E-state index < -0.39 is 17.5 Å². The van der Waals surface area contributed by atoms with Crippen LogP contribution < -0.4 is 5.32 Å². The summed E-state index contributed by atoms with van der Waals surface area (Å²) in [5.41, 5.74) is 0.357. The van der Waals surface area contributed by atoms with Crippen molar-refractivity contribution >= 4 is 28.6 Å². The fraction of sp³-hybridized carbons (Fsp3) is 0.296. The van der Waals surface area contributed by atoms with Crippen LogP contribution in [0.5, 0.6) is 0 Å². The third kappa shape index (κ3) is 3.98. The van der Waals surface area contributed by atoms with E-state index in [1.54, 1.807) is 24.2 Å². The molecule has 1 saturated heterocycles. The molecule has 1 aromatic heterocycles. The van der Waals surface area contributed by atoms with Crippen LogP contribution in [0.4, 0.5) is 4.79 Å². The number of nitrogens with zero attached hydrogens (tertiary/aromatic N) is 2. The first-order valence-electron chi connectivity index (χ1n) is 11.6. The molecule has 5 rings (SSSR count). The molecule has 2 aliphatic rings. The van der Waals surface area contributed by atoms with Crippen molar-refractivity contribution in [2.75, 3.05) is 6.54 Å². The van der Waals surface area contributed by atoms with Crippen molar-refractivity contribution < 1.29 is 18.8 Å². The Hall–Kier alpha value is -3.87. The molecule has 0 saturated carbocycles. The molecule has 7 nitrogen and oxygen atoms in total. The molecule has 1 unspecified atom stereocenters. The zero-order valence-corrected chi connectivity index (χ0v) is 19.1. The van der Waals surface area contributed by atoms with Gasteiger partial charge in [-0.2, -0.15) is 0 Å². The highest BCUT2D eigenvalue weighted by molar-refractivity contribution is 6.09. The molecule has 34 heavy (non-hydrogen) atoms. The van der Waals surface area contributed by atoms with Crippen molar-refractivity contribution in [3.05, 3.63) is 84.0 Å². The number of amides is 4. The minimum Gasteiger partial charge on any atom is -0.467 e.